The van der Waals surface area contributed by atoms with Crippen LogP contribution in [0.15, 0.2) is 69.0 Å². The van der Waals surface area contributed by atoms with Gasteiger partial charge < -0.3 is 9.47 Å². The van der Waals surface area contributed by atoms with Crippen molar-refractivity contribution in [1.82, 2.24) is 9.66 Å². The first kappa shape index (κ1) is 25.1. The fraction of sp³-hybridized carbons (Fsp3) is 0.192. The first-order valence-corrected chi connectivity index (χ1v) is 11.9. The number of aryl methyl sites for hydroxylation is 2. The zero-order valence-corrected chi connectivity index (χ0v) is 21.5. The van der Waals surface area contributed by atoms with Crippen molar-refractivity contribution in [2.45, 2.75) is 26.9 Å². The summed E-state index contributed by atoms with van der Waals surface area (Å²) < 4.78 is 13.1. The third-order valence-corrected chi connectivity index (χ3v) is 5.99. The molecule has 4 rings (SSSR count). The van der Waals surface area contributed by atoms with Crippen LogP contribution < -0.4 is 15.0 Å². The monoisotopic (exact) mass is 550 g/mol. The van der Waals surface area contributed by atoms with E-state index in [1.165, 1.54) is 24.1 Å². The maximum atomic E-state index is 13.1. The Labute approximate surface area is 215 Å². The second-order valence-corrected chi connectivity index (χ2v) is 8.92. The van der Waals surface area contributed by atoms with Crippen molar-refractivity contribution in [1.29, 1.82) is 0 Å². The van der Waals surface area contributed by atoms with Gasteiger partial charge in [0.15, 0.2) is 5.75 Å². The molecule has 10 heteroatoms. The Morgan fingerprint density at radius 1 is 1.17 bits per heavy atom. The lowest BCUT2D eigenvalue weighted by molar-refractivity contribution is -0.386. The fourth-order valence-corrected chi connectivity index (χ4v) is 3.98. The molecule has 36 heavy (non-hydrogen) atoms. The SMILES string of the molecule is CCc1nc2ccc(Br)cc2c(=O)n1N=Cc1cc(OC)c(OCc2ccc(C)cc2)c([N+](=O)[O-])c1. The Morgan fingerprint density at radius 2 is 1.92 bits per heavy atom. The minimum absolute atomic E-state index is 0.0175. The van der Waals surface area contributed by atoms with Crippen LogP contribution in [0.5, 0.6) is 11.5 Å². The molecular weight excluding hydrogens is 528 g/mol. The van der Waals surface area contributed by atoms with Gasteiger partial charge in [0, 0.05) is 22.5 Å². The highest BCUT2D eigenvalue weighted by Gasteiger charge is 2.22. The second kappa shape index (κ2) is 10.7. The van der Waals surface area contributed by atoms with Gasteiger partial charge in [0.2, 0.25) is 5.75 Å². The maximum Gasteiger partial charge on any atom is 0.315 e. The summed E-state index contributed by atoms with van der Waals surface area (Å²) in [6.07, 6.45) is 1.83. The van der Waals surface area contributed by atoms with Crippen LogP contribution in [0.3, 0.4) is 0 Å². The molecular formula is C26H23BrN4O5. The zero-order chi connectivity index (χ0) is 25.8. The van der Waals surface area contributed by atoms with E-state index < -0.39 is 4.92 Å². The Kier molecular flexibility index (Phi) is 7.44. The first-order valence-electron chi connectivity index (χ1n) is 11.1. The van der Waals surface area contributed by atoms with Crippen molar-refractivity contribution >= 4 is 38.7 Å². The van der Waals surface area contributed by atoms with E-state index in [0.717, 1.165) is 15.6 Å². The van der Waals surface area contributed by atoms with Gasteiger partial charge in [-0.05, 0) is 36.8 Å². The number of nitro benzene ring substituents is 1. The number of rotatable bonds is 8. The Hall–Kier alpha value is -4.05. The molecule has 0 aliphatic carbocycles. The summed E-state index contributed by atoms with van der Waals surface area (Å²) >= 11 is 3.37. The quantitative estimate of drug-likeness (QED) is 0.165. The average Bonchev–Trinajstić information content (AvgIpc) is 2.87. The highest BCUT2D eigenvalue weighted by Crippen LogP contribution is 2.38. The first-order chi connectivity index (χ1) is 17.3. The number of ether oxygens (including phenoxy) is 2. The molecule has 0 unspecified atom stereocenters. The van der Waals surface area contributed by atoms with Crippen LogP contribution in [-0.4, -0.2) is 27.9 Å². The van der Waals surface area contributed by atoms with E-state index in [1.807, 2.05) is 44.2 Å². The number of benzene rings is 3. The zero-order valence-electron chi connectivity index (χ0n) is 19.9. The van der Waals surface area contributed by atoms with E-state index in [9.17, 15) is 14.9 Å². The van der Waals surface area contributed by atoms with Crippen molar-refractivity contribution in [2.75, 3.05) is 7.11 Å². The highest BCUT2D eigenvalue weighted by atomic mass is 79.9. The van der Waals surface area contributed by atoms with E-state index in [0.29, 0.717) is 28.7 Å². The standard InChI is InChI=1S/C26H23BrN4O5/c1-4-24-29-21-10-9-19(27)13-20(21)26(32)30(24)28-14-18-11-22(31(33)34)25(23(12-18)35-3)36-15-17-7-5-16(2)6-8-17/h5-14H,4,15H2,1-3H3. The predicted octanol–water partition coefficient (Wildman–Crippen LogP) is 5.41. The molecule has 0 amide bonds. The fourth-order valence-electron chi connectivity index (χ4n) is 3.62. The summed E-state index contributed by atoms with van der Waals surface area (Å²) in [5.41, 5.74) is 2.29. The Bertz CT molecular complexity index is 1530. The molecule has 9 nitrogen and oxygen atoms in total. The molecule has 1 heterocycles. The molecule has 0 saturated carbocycles. The molecule has 0 fully saturated rings. The predicted molar refractivity (Wildman–Crippen MR) is 141 cm³/mol. The van der Waals surface area contributed by atoms with Crippen molar-refractivity contribution in [3.05, 3.63) is 102 Å². The van der Waals surface area contributed by atoms with Gasteiger partial charge in [-0.2, -0.15) is 9.78 Å². The van der Waals surface area contributed by atoms with Crippen molar-refractivity contribution in [3.63, 3.8) is 0 Å². The molecule has 1 aromatic heterocycles. The second-order valence-electron chi connectivity index (χ2n) is 8.01. The summed E-state index contributed by atoms with van der Waals surface area (Å²) in [5.74, 6) is 0.663. The van der Waals surface area contributed by atoms with Crippen LogP contribution in [0.4, 0.5) is 5.69 Å². The number of nitro groups is 1. The van der Waals surface area contributed by atoms with Crippen molar-refractivity contribution < 1.29 is 14.4 Å². The molecule has 0 atom stereocenters. The van der Waals surface area contributed by atoms with Crippen LogP contribution in [0.25, 0.3) is 10.9 Å². The van der Waals surface area contributed by atoms with Gasteiger partial charge in [0.1, 0.15) is 12.4 Å². The lowest BCUT2D eigenvalue weighted by atomic mass is 10.1. The van der Waals surface area contributed by atoms with Gasteiger partial charge in [-0.25, -0.2) is 4.98 Å². The van der Waals surface area contributed by atoms with Crippen LogP contribution in [0.2, 0.25) is 0 Å². The van der Waals surface area contributed by atoms with Crippen LogP contribution >= 0.6 is 15.9 Å². The number of fused-ring (bicyclic) bond motifs is 1. The third kappa shape index (κ3) is 5.28. The molecule has 0 aliphatic rings. The number of hydrogen-bond acceptors (Lipinski definition) is 7. The lowest BCUT2D eigenvalue weighted by Gasteiger charge is -2.12. The largest absolute Gasteiger partial charge is 0.493 e. The van der Waals surface area contributed by atoms with Crippen LogP contribution in [-0.2, 0) is 13.0 Å². The number of halogens is 1. The van der Waals surface area contributed by atoms with Gasteiger partial charge in [-0.15, -0.1) is 0 Å². The molecule has 0 spiro atoms. The molecule has 0 radical (unpaired) electrons. The van der Waals surface area contributed by atoms with Crippen LogP contribution in [0.1, 0.15) is 29.4 Å². The maximum absolute atomic E-state index is 13.1. The van der Waals surface area contributed by atoms with Crippen molar-refractivity contribution in [3.8, 4) is 11.5 Å². The Balaban J connectivity index is 1.72. The van der Waals surface area contributed by atoms with Gasteiger partial charge >= 0.3 is 5.69 Å². The van der Waals surface area contributed by atoms with E-state index in [2.05, 4.69) is 26.0 Å². The van der Waals surface area contributed by atoms with Gasteiger partial charge in [-0.1, -0.05) is 52.7 Å². The minimum Gasteiger partial charge on any atom is -0.493 e. The summed E-state index contributed by atoms with van der Waals surface area (Å²) in [5, 5.41) is 16.6. The highest BCUT2D eigenvalue weighted by molar-refractivity contribution is 9.10. The molecule has 0 N–H and O–H groups in total. The van der Waals surface area contributed by atoms with E-state index in [-0.39, 0.29) is 29.4 Å². The summed E-state index contributed by atoms with van der Waals surface area (Å²) in [6.45, 7) is 3.98. The molecule has 3 aromatic carbocycles. The topological polar surface area (TPSA) is 109 Å². The summed E-state index contributed by atoms with van der Waals surface area (Å²) in [6, 6.07) is 15.8. The number of aromatic nitrogens is 2. The number of nitrogens with zero attached hydrogens (tertiary/aromatic N) is 4. The van der Waals surface area contributed by atoms with Gasteiger partial charge in [-0.3, -0.25) is 14.9 Å². The smallest absolute Gasteiger partial charge is 0.315 e. The minimum atomic E-state index is -0.539. The third-order valence-electron chi connectivity index (χ3n) is 5.49. The van der Waals surface area contributed by atoms with Gasteiger partial charge in [0.05, 0.1) is 29.2 Å². The number of methoxy groups -OCH3 is 1. The summed E-state index contributed by atoms with van der Waals surface area (Å²) in [4.78, 5) is 29.0. The van der Waals surface area contributed by atoms with Gasteiger partial charge in [0.25, 0.3) is 5.56 Å². The molecule has 0 bridgehead atoms. The van der Waals surface area contributed by atoms with Crippen molar-refractivity contribution in [2.24, 2.45) is 5.10 Å². The lowest BCUT2D eigenvalue weighted by Crippen LogP contribution is -2.22. The molecule has 4 aromatic rings. The number of hydrogen-bond donors (Lipinski definition) is 0. The average molecular weight is 551 g/mol. The van der Waals surface area contributed by atoms with Crippen LogP contribution in [0, 0.1) is 17.0 Å². The van der Waals surface area contributed by atoms with E-state index >= 15 is 0 Å². The summed E-state index contributed by atoms with van der Waals surface area (Å²) in [7, 11) is 1.41. The molecule has 184 valence electrons. The molecule has 0 aliphatic heterocycles. The van der Waals surface area contributed by atoms with E-state index in [1.54, 1.807) is 18.2 Å². The Morgan fingerprint density at radius 3 is 2.58 bits per heavy atom. The normalized spacial score (nSPS) is 11.2. The molecule has 0 saturated heterocycles. The van der Waals surface area contributed by atoms with E-state index in [4.69, 9.17) is 9.47 Å².